The summed E-state index contributed by atoms with van der Waals surface area (Å²) in [6, 6.07) is 2.43. The van der Waals surface area contributed by atoms with Crippen molar-refractivity contribution >= 4 is 33.8 Å². The third-order valence-corrected chi connectivity index (χ3v) is 3.13. The molecule has 0 saturated carbocycles. The van der Waals surface area contributed by atoms with E-state index >= 15 is 0 Å². The van der Waals surface area contributed by atoms with E-state index < -0.39 is 29.7 Å². The van der Waals surface area contributed by atoms with Crippen LogP contribution in [0.4, 0.5) is 4.39 Å². The van der Waals surface area contributed by atoms with E-state index in [1.807, 2.05) is 0 Å². The summed E-state index contributed by atoms with van der Waals surface area (Å²) in [5, 5.41) is 11.2. The lowest BCUT2D eigenvalue weighted by Crippen LogP contribution is -2.41. The minimum atomic E-state index is -1.32. The molecule has 0 unspecified atom stereocenters. The number of carbonyl (C=O) groups excluding carboxylic acids is 2. The van der Waals surface area contributed by atoms with E-state index in [4.69, 9.17) is 5.11 Å². The zero-order chi connectivity index (χ0) is 16.0. The minimum absolute atomic E-state index is 0.149. The van der Waals surface area contributed by atoms with Crippen LogP contribution in [0.1, 0.15) is 23.2 Å². The molecule has 0 heterocycles. The fourth-order valence-corrected chi connectivity index (χ4v) is 1.89. The number of amides is 1. The van der Waals surface area contributed by atoms with Gasteiger partial charge in [-0.2, -0.15) is 0 Å². The Morgan fingerprint density at radius 3 is 2.67 bits per heavy atom. The first-order valence-corrected chi connectivity index (χ1v) is 6.70. The first kappa shape index (κ1) is 17.1. The van der Waals surface area contributed by atoms with Crippen LogP contribution in [0.15, 0.2) is 22.7 Å². The van der Waals surface area contributed by atoms with Gasteiger partial charge in [0.05, 0.1) is 12.7 Å². The van der Waals surface area contributed by atoms with Crippen molar-refractivity contribution in [2.75, 3.05) is 7.11 Å². The van der Waals surface area contributed by atoms with Crippen molar-refractivity contribution in [3.63, 3.8) is 0 Å². The summed E-state index contributed by atoms with van der Waals surface area (Å²) in [6.07, 6.45) is -0.321. The molecule has 0 aliphatic rings. The molecule has 1 rings (SSSR count). The van der Waals surface area contributed by atoms with E-state index in [1.165, 1.54) is 19.2 Å². The molecule has 0 bridgehead atoms. The van der Waals surface area contributed by atoms with Gasteiger partial charge >= 0.3 is 11.9 Å². The van der Waals surface area contributed by atoms with Crippen LogP contribution in [0.3, 0.4) is 0 Å². The lowest BCUT2D eigenvalue weighted by atomic mass is 10.1. The van der Waals surface area contributed by atoms with Crippen LogP contribution in [0.25, 0.3) is 0 Å². The normalized spacial score (nSPS) is 11.6. The molecule has 114 valence electrons. The standard InChI is InChI=1S/C13H13BrFNO5/c1-21-11(17)5-4-10(13(19)20)16-12(18)8-6-7(14)2-3-9(8)15/h2-3,6,10H,4-5H2,1H3,(H,16,18)(H,19,20)/t10-/m1/s1. The highest BCUT2D eigenvalue weighted by molar-refractivity contribution is 9.10. The molecule has 0 saturated heterocycles. The van der Waals surface area contributed by atoms with Crippen molar-refractivity contribution in [3.05, 3.63) is 34.1 Å². The topological polar surface area (TPSA) is 92.7 Å². The van der Waals surface area contributed by atoms with Crippen LogP contribution in [0, 0.1) is 5.82 Å². The van der Waals surface area contributed by atoms with Gasteiger partial charge in [0, 0.05) is 10.9 Å². The Morgan fingerprint density at radius 2 is 2.10 bits per heavy atom. The van der Waals surface area contributed by atoms with Gasteiger partial charge in [-0.3, -0.25) is 9.59 Å². The number of halogens is 2. The molecule has 21 heavy (non-hydrogen) atoms. The largest absolute Gasteiger partial charge is 0.480 e. The van der Waals surface area contributed by atoms with Gasteiger partial charge in [0.25, 0.3) is 5.91 Å². The van der Waals surface area contributed by atoms with Crippen molar-refractivity contribution in [1.82, 2.24) is 5.32 Å². The quantitative estimate of drug-likeness (QED) is 0.752. The zero-order valence-corrected chi connectivity index (χ0v) is 12.6. The molecule has 0 aromatic heterocycles. The van der Waals surface area contributed by atoms with Crippen LogP contribution in [-0.2, 0) is 14.3 Å². The number of benzene rings is 1. The number of hydrogen-bond acceptors (Lipinski definition) is 4. The number of ether oxygens (including phenoxy) is 1. The average molecular weight is 362 g/mol. The maximum Gasteiger partial charge on any atom is 0.326 e. The first-order valence-electron chi connectivity index (χ1n) is 5.90. The van der Waals surface area contributed by atoms with Gasteiger partial charge in [0.1, 0.15) is 11.9 Å². The van der Waals surface area contributed by atoms with Crippen molar-refractivity contribution in [2.24, 2.45) is 0 Å². The smallest absolute Gasteiger partial charge is 0.326 e. The molecule has 2 N–H and O–H groups in total. The molecule has 0 radical (unpaired) electrons. The highest BCUT2D eigenvalue weighted by atomic mass is 79.9. The number of aliphatic carboxylic acids is 1. The molecule has 8 heteroatoms. The number of carbonyl (C=O) groups is 3. The third kappa shape index (κ3) is 5.14. The molecule has 1 amide bonds. The number of carboxylic acid groups (broad SMARTS) is 1. The second-order valence-electron chi connectivity index (χ2n) is 4.10. The highest BCUT2D eigenvalue weighted by Gasteiger charge is 2.23. The zero-order valence-electron chi connectivity index (χ0n) is 11.1. The summed E-state index contributed by atoms with van der Waals surface area (Å²) >= 11 is 3.09. The molecule has 1 aromatic carbocycles. The Kier molecular flexibility index (Phi) is 6.29. The number of nitrogens with one attached hydrogen (secondary N) is 1. The van der Waals surface area contributed by atoms with Gasteiger partial charge in [-0.25, -0.2) is 9.18 Å². The molecule has 6 nitrogen and oxygen atoms in total. The van der Waals surface area contributed by atoms with Crippen LogP contribution >= 0.6 is 15.9 Å². The summed E-state index contributed by atoms with van der Waals surface area (Å²) in [4.78, 5) is 33.9. The van der Waals surface area contributed by atoms with Gasteiger partial charge in [-0.15, -0.1) is 0 Å². The summed E-state index contributed by atoms with van der Waals surface area (Å²) < 4.78 is 18.4. The molecule has 0 fully saturated rings. The van der Waals surface area contributed by atoms with E-state index in [1.54, 1.807) is 0 Å². The van der Waals surface area contributed by atoms with Crippen molar-refractivity contribution < 1.29 is 28.6 Å². The molecule has 0 aliphatic carbocycles. The molecule has 1 atom stereocenters. The summed E-state index contributed by atoms with van der Waals surface area (Å²) in [7, 11) is 1.17. The van der Waals surface area contributed by atoms with Crippen LogP contribution in [-0.4, -0.2) is 36.1 Å². The summed E-state index contributed by atoms with van der Waals surface area (Å²) in [6.45, 7) is 0. The van der Waals surface area contributed by atoms with Gasteiger partial charge in [0.15, 0.2) is 0 Å². The van der Waals surface area contributed by atoms with E-state index in [2.05, 4.69) is 26.0 Å². The predicted molar refractivity (Wildman–Crippen MR) is 74.2 cm³/mol. The number of hydrogen-bond donors (Lipinski definition) is 2. The Bertz CT molecular complexity index is 563. The molecule has 0 spiro atoms. The van der Waals surface area contributed by atoms with Crippen LogP contribution in [0.5, 0.6) is 0 Å². The Hall–Kier alpha value is -1.96. The summed E-state index contributed by atoms with van der Waals surface area (Å²) in [5.41, 5.74) is -0.284. The van der Waals surface area contributed by atoms with Crippen LogP contribution in [0.2, 0.25) is 0 Å². The van der Waals surface area contributed by atoms with Crippen molar-refractivity contribution in [3.8, 4) is 0 Å². The lowest BCUT2D eigenvalue weighted by molar-refractivity contribution is -0.142. The van der Waals surface area contributed by atoms with E-state index in [0.717, 1.165) is 6.07 Å². The monoisotopic (exact) mass is 361 g/mol. The van der Waals surface area contributed by atoms with Gasteiger partial charge < -0.3 is 15.2 Å². The van der Waals surface area contributed by atoms with Gasteiger partial charge in [-0.05, 0) is 24.6 Å². The predicted octanol–water partition coefficient (Wildman–Crippen LogP) is 1.72. The van der Waals surface area contributed by atoms with Gasteiger partial charge in [-0.1, -0.05) is 15.9 Å². The van der Waals surface area contributed by atoms with E-state index in [9.17, 15) is 18.8 Å². The first-order chi connectivity index (χ1) is 9.85. The molecular formula is C13H13BrFNO5. The second-order valence-corrected chi connectivity index (χ2v) is 5.02. The Labute approximate surface area is 128 Å². The number of carboxylic acids is 1. The molecular weight excluding hydrogens is 349 g/mol. The maximum absolute atomic E-state index is 13.5. The molecule has 0 aliphatic heterocycles. The fourth-order valence-electron chi connectivity index (χ4n) is 1.53. The van der Waals surface area contributed by atoms with Crippen molar-refractivity contribution in [1.29, 1.82) is 0 Å². The maximum atomic E-state index is 13.5. The summed E-state index contributed by atoms with van der Waals surface area (Å²) in [5.74, 6) is -3.55. The minimum Gasteiger partial charge on any atom is -0.480 e. The van der Waals surface area contributed by atoms with E-state index in [-0.39, 0.29) is 18.4 Å². The number of esters is 1. The Balaban J connectivity index is 2.79. The second kappa shape index (κ2) is 7.72. The number of methoxy groups -OCH3 is 1. The van der Waals surface area contributed by atoms with Gasteiger partial charge in [0.2, 0.25) is 0 Å². The van der Waals surface area contributed by atoms with Crippen LogP contribution < -0.4 is 5.32 Å². The SMILES string of the molecule is COC(=O)CC[C@@H](NC(=O)c1cc(Br)ccc1F)C(=O)O. The third-order valence-electron chi connectivity index (χ3n) is 2.64. The highest BCUT2D eigenvalue weighted by Crippen LogP contribution is 2.16. The number of rotatable bonds is 6. The lowest BCUT2D eigenvalue weighted by Gasteiger charge is -2.14. The average Bonchev–Trinajstić information content (AvgIpc) is 2.44. The fraction of sp³-hybridized carbons (Fsp3) is 0.308. The molecule has 1 aromatic rings. The Morgan fingerprint density at radius 1 is 1.43 bits per heavy atom. The van der Waals surface area contributed by atoms with E-state index in [0.29, 0.717) is 4.47 Å². The van der Waals surface area contributed by atoms with Crippen molar-refractivity contribution in [2.45, 2.75) is 18.9 Å².